The van der Waals surface area contributed by atoms with Crippen LogP contribution < -0.4 is 16.2 Å². The van der Waals surface area contributed by atoms with Crippen LogP contribution in [0.1, 0.15) is 19.3 Å². The molecule has 1 heterocycles. The van der Waals surface area contributed by atoms with Gasteiger partial charge in [0.2, 0.25) is 0 Å². The molecule has 0 radical (unpaired) electrons. The molecule has 0 bridgehead atoms. The lowest BCUT2D eigenvalue weighted by atomic mass is 10.0. The van der Waals surface area contributed by atoms with E-state index in [-0.39, 0.29) is 11.0 Å². The third-order valence-electron chi connectivity index (χ3n) is 3.49. The minimum Gasteiger partial charge on any atom is -0.376 e. The van der Waals surface area contributed by atoms with E-state index in [1.807, 2.05) is 19.0 Å². The first-order valence-electron chi connectivity index (χ1n) is 6.01. The highest BCUT2D eigenvalue weighted by molar-refractivity contribution is 5.40. The fraction of sp³-hybridized carbons (Fsp3) is 0.667. The lowest BCUT2D eigenvalue weighted by molar-refractivity contribution is 0.365. The van der Waals surface area contributed by atoms with E-state index in [1.165, 1.54) is 0 Å². The molecule has 0 saturated heterocycles. The van der Waals surface area contributed by atoms with Crippen LogP contribution >= 0.6 is 0 Å². The summed E-state index contributed by atoms with van der Waals surface area (Å²) in [6.45, 7) is 1.39. The van der Waals surface area contributed by atoms with E-state index in [9.17, 15) is 4.79 Å². The molecule has 17 heavy (non-hydrogen) atoms. The SMILES string of the molecule is CN(C)c1cnn(CC2(CCN)CC2)c(=O)c1. The van der Waals surface area contributed by atoms with E-state index in [0.29, 0.717) is 13.1 Å². The average Bonchev–Trinajstić information content (AvgIpc) is 3.01. The molecule has 94 valence electrons. The van der Waals surface area contributed by atoms with Gasteiger partial charge in [0.1, 0.15) is 0 Å². The zero-order valence-corrected chi connectivity index (χ0v) is 10.5. The number of nitrogens with zero attached hydrogens (tertiary/aromatic N) is 3. The van der Waals surface area contributed by atoms with Crippen LogP contribution in [-0.2, 0) is 6.54 Å². The molecule has 2 N–H and O–H groups in total. The Bertz CT molecular complexity index is 448. The van der Waals surface area contributed by atoms with Crippen LogP contribution in [-0.4, -0.2) is 30.4 Å². The summed E-state index contributed by atoms with van der Waals surface area (Å²) < 4.78 is 1.57. The molecule has 1 aliphatic rings. The van der Waals surface area contributed by atoms with Gasteiger partial charge in [-0.3, -0.25) is 4.79 Å². The molecule has 1 aliphatic carbocycles. The average molecular weight is 236 g/mol. The highest BCUT2D eigenvalue weighted by Crippen LogP contribution is 2.49. The number of hydrogen-bond acceptors (Lipinski definition) is 4. The van der Waals surface area contributed by atoms with Crippen molar-refractivity contribution in [2.45, 2.75) is 25.8 Å². The Morgan fingerprint density at radius 2 is 2.24 bits per heavy atom. The Kier molecular flexibility index (Phi) is 3.19. The number of aromatic nitrogens is 2. The van der Waals surface area contributed by atoms with Crippen LogP contribution in [0.25, 0.3) is 0 Å². The van der Waals surface area contributed by atoms with Crippen molar-refractivity contribution in [3.63, 3.8) is 0 Å². The first-order chi connectivity index (χ1) is 8.06. The van der Waals surface area contributed by atoms with E-state index in [2.05, 4.69) is 5.10 Å². The summed E-state index contributed by atoms with van der Waals surface area (Å²) in [6.07, 6.45) is 5.04. The molecule has 0 aliphatic heterocycles. The van der Waals surface area contributed by atoms with Crippen molar-refractivity contribution >= 4 is 5.69 Å². The van der Waals surface area contributed by atoms with Gasteiger partial charge in [-0.15, -0.1) is 0 Å². The van der Waals surface area contributed by atoms with Crippen molar-refractivity contribution in [2.24, 2.45) is 11.1 Å². The zero-order valence-electron chi connectivity index (χ0n) is 10.5. The molecular weight excluding hydrogens is 216 g/mol. The van der Waals surface area contributed by atoms with Gasteiger partial charge in [0.05, 0.1) is 18.4 Å². The Labute approximate surface area is 101 Å². The van der Waals surface area contributed by atoms with Crippen LogP contribution in [0.15, 0.2) is 17.1 Å². The minimum atomic E-state index is -0.0282. The fourth-order valence-corrected chi connectivity index (χ4v) is 2.08. The molecule has 5 heteroatoms. The third-order valence-corrected chi connectivity index (χ3v) is 3.49. The van der Waals surface area contributed by atoms with Crippen LogP contribution in [0.4, 0.5) is 5.69 Å². The molecule has 1 aromatic heterocycles. The second-order valence-corrected chi connectivity index (χ2v) is 5.14. The number of anilines is 1. The Morgan fingerprint density at radius 3 is 2.71 bits per heavy atom. The van der Waals surface area contributed by atoms with Crippen molar-refractivity contribution in [3.05, 3.63) is 22.6 Å². The molecule has 0 amide bonds. The van der Waals surface area contributed by atoms with Crippen molar-refractivity contribution < 1.29 is 0 Å². The van der Waals surface area contributed by atoms with Gasteiger partial charge in [-0.2, -0.15) is 5.10 Å². The summed E-state index contributed by atoms with van der Waals surface area (Å²) in [7, 11) is 3.80. The van der Waals surface area contributed by atoms with Crippen LogP contribution in [0.2, 0.25) is 0 Å². The van der Waals surface area contributed by atoms with E-state index in [1.54, 1.807) is 16.9 Å². The molecule has 2 rings (SSSR count). The summed E-state index contributed by atoms with van der Waals surface area (Å²) in [5.41, 5.74) is 6.65. The predicted molar refractivity (Wildman–Crippen MR) is 68.2 cm³/mol. The number of hydrogen-bond donors (Lipinski definition) is 1. The zero-order chi connectivity index (χ0) is 12.5. The Hall–Kier alpha value is -1.36. The molecular formula is C12H20N4O. The maximum Gasteiger partial charge on any atom is 0.268 e. The lowest BCUT2D eigenvalue weighted by Crippen LogP contribution is -2.28. The van der Waals surface area contributed by atoms with Gasteiger partial charge in [0.25, 0.3) is 5.56 Å². The van der Waals surface area contributed by atoms with Crippen molar-refractivity contribution in [3.8, 4) is 0 Å². The topological polar surface area (TPSA) is 64.2 Å². The summed E-state index contributed by atoms with van der Waals surface area (Å²) in [6, 6.07) is 1.63. The van der Waals surface area contributed by atoms with E-state index in [4.69, 9.17) is 5.73 Å². The molecule has 0 spiro atoms. The molecule has 0 atom stereocenters. The molecule has 1 fully saturated rings. The van der Waals surface area contributed by atoms with Crippen LogP contribution in [0, 0.1) is 5.41 Å². The van der Waals surface area contributed by atoms with Gasteiger partial charge < -0.3 is 10.6 Å². The predicted octanol–water partition coefficient (Wildman–Crippen LogP) is 0.438. The largest absolute Gasteiger partial charge is 0.376 e. The van der Waals surface area contributed by atoms with Gasteiger partial charge in [-0.1, -0.05) is 0 Å². The third kappa shape index (κ3) is 2.66. The summed E-state index contributed by atoms with van der Waals surface area (Å²) >= 11 is 0. The van der Waals surface area contributed by atoms with Gasteiger partial charge in [0, 0.05) is 20.2 Å². The van der Waals surface area contributed by atoms with E-state index >= 15 is 0 Å². The smallest absolute Gasteiger partial charge is 0.268 e. The number of rotatable bonds is 5. The molecule has 0 unspecified atom stereocenters. The molecule has 1 saturated carbocycles. The van der Waals surface area contributed by atoms with Crippen molar-refractivity contribution in [1.29, 1.82) is 0 Å². The van der Waals surface area contributed by atoms with Gasteiger partial charge >= 0.3 is 0 Å². The monoisotopic (exact) mass is 236 g/mol. The normalized spacial score (nSPS) is 16.9. The van der Waals surface area contributed by atoms with E-state index < -0.39 is 0 Å². The molecule has 1 aromatic rings. The summed E-state index contributed by atoms with van der Waals surface area (Å²) in [5.74, 6) is 0. The standard InChI is InChI=1S/C12H20N4O/c1-15(2)10-7-11(17)16(14-8-10)9-12(3-4-12)5-6-13/h7-8H,3-6,9,13H2,1-2H3. The Balaban J connectivity index is 2.15. The van der Waals surface area contributed by atoms with Crippen LogP contribution in [0.5, 0.6) is 0 Å². The Morgan fingerprint density at radius 1 is 1.53 bits per heavy atom. The highest BCUT2D eigenvalue weighted by Gasteiger charge is 2.42. The van der Waals surface area contributed by atoms with E-state index in [0.717, 1.165) is 24.9 Å². The minimum absolute atomic E-state index is 0.0282. The quantitative estimate of drug-likeness (QED) is 0.805. The highest BCUT2D eigenvalue weighted by atomic mass is 16.1. The van der Waals surface area contributed by atoms with Gasteiger partial charge in [0.15, 0.2) is 0 Å². The maximum atomic E-state index is 11.9. The van der Waals surface area contributed by atoms with Gasteiger partial charge in [-0.05, 0) is 31.2 Å². The maximum absolute atomic E-state index is 11.9. The molecule has 0 aromatic carbocycles. The first kappa shape index (κ1) is 12.1. The molecule has 5 nitrogen and oxygen atoms in total. The van der Waals surface area contributed by atoms with Gasteiger partial charge in [-0.25, -0.2) is 4.68 Å². The number of nitrogens with two attached hydrogens (primary N) is 1. The fourth-order valence-electron chi connectivity index (χ4n) is 2.08. The van der Waals surface area contributed by atoms with Crippen molar-refractivity contribution in [1.82, 2.24) is 9.78 Å². The second-order valence-electron chi connectivity index (χ2n) is 5.14. The summed E-state index contributed by atoms with van der Waals surface area (Å²) in [4.78, 5) is 13.8. The van der Waals surface area contributed by atoms with Crippen molar-refractivity contribution in [2.75, 3.05) is 25.5 Å². The second kappa shape index (κ2) is 4.49. The summed E-state index contributed by atoms with van der Waals surface area (Å²) in [5, 5.41) is 4.23. The van der Waals surface area contributed by atoms with Crippen LogP contribution in [0.3, 0.4) is 0 Å². The first-order valence-corrected chi connectivity index (χ1v) is 6.01. The lowest BCUT2D eigenvalue weighted by Gasteiger charge is -2.16.